The van der Waals surface area contributed by atoms with Gasteiger partial charge in [0.15, 0.2) is 0 Å². The zero-order valence-electron chi connectivity index (χ0n) is 11.0. The highest BCUT2D eigenvalue weighted by molar-refractivity contribution is 7.17. The maximum Gasteiger partial charge on any atom is 0.145 e. The molecule has 0 fully saturated rings. The predicted molar refractivity (Wildman–Crippen MR) is 78.4 cm³/mol. The molecule has 0 spiro atoms. The van der Waals surface area contributed by atoms with Gasteiger partial charge >= 0.3 is 0 Å². The summed E-state index contributed by atoms with van der Waals surface area (Å²) in [5.74, 6) is 0.787. The molecule has 1 N–H and O–H groups in total. The van der Waals surface area contributed by atoms with Crippen LogP contribution in [-0.2, 0) is 0 Å². The molecule has 0 atom stereocenters. The van der Waals surface area contributed by atoms with E-state index in [0.717, 1.165) is 15.8 Å². The van der Waals surface area contributed by atoms with E-state index in [9.17, 15) is 4.39 Å². The van der Waals surface area contributed by atoms with Gasteiger partial charge in [0.2, 0.25) is 0 Å². The molecule has 102 valence electrons. The van der Waals surface area contributed by atoms with Gasteiger partial charge in [0.25, 0.3) is 0 Å². The molecular weight excluding hydrogens is 277 g/mol. The summed E-state index contributed by atoms with van der Waals surface area (Å²) in [6.07, 6.45) is 1.51. The molecule has 0 aliphatic rings. The van der Waals surface area contributed by atoms with Crippen molar-refractivity contribution >= 4 is 33.1 Å². The molecule has 1 aromatic carbocycles. The Labute approximate surface area is 119 Å². The first-order chi connectivity index (χ1) is 9.69. The van der Waals surface area contributed by atoms with E-state index in [-0.39, 0.29) is 5.82 Å². The number of rotatable bonds is 3. The van der Waals surface area contributed by atoms with Crippen LogP contribution in [0.3, 0.4) is 0 Å². The number of aryl methyl sites for hydroxylation is 1. The van der Waals surface area contributed by atoms with E-state index >= 15 is 0 Å². The molecule has 0 aliphatic heterocycles. The second-order valence-electron chi connectivity index (χ2n) is 4.29. The van der Waals surface area contributed by atoms with Crippen LogP contribution in [0.5, 0.6) is 5.75 Å². The fraction of sp³-hybridized carbons (Fsp3) is 0.143. The Morgan fingerprint density at radius 3 is 2.95 bits per heavy atom. The van der Waals surface area contributed by atoms with Crippen LogP contribution in [-0.4, -0.2) is 17.1 Å². The van der Waals surface area contributed by atoms with Gasteiger partial charge in [-0.2, -0.15) is 0 Å². The molecule has 0 aliphatic carbocycles. The van der Waals surface area contributed by atoms with Crippen LogP contribution in [0.1, 0.15) is 5.56 Å². The van der Waals surface area contributed by atoms with Crippen molar-refractivity contribution in [3.8, 4) is 5.75 Å². The van der Waals surface area contributed by atoms with E-state index in [0.29, 0.717) is 17.3 Å². The van der Waals surface area contributed by atoms with Crippen molar-refractivity contribution in [1.29, 1.82) is 0 Å². The van der Waals surface area contributed by atoms with Crippen LogP contribution in [0.15, 0.2) is 29.9 Å². The summed E-state index contributed by atoms with van der Waals surface area (Å²) in [4.78, 5) is 9.42. The molecule has 3 rings (SSSR count). The Morgan fingerprint density at radius 1 is 1.30 bits per heavy atom. The van der Waals surface area contributed by atoms with Crippen molar-refractivity contribution in [2.24, 2.45) is 0 Å². The third kappa shape index (κ3) is 2.18. The number of fused-ring (bicyclic) bond motifs is 1. The van der Waals surface area contributed by atoms with Gasteiger partial charge in [0, 0.05) is 6.07 Å². The van der Waals surface area contributed by atoms with Crippen LogP contribution in [0.25, 0.3) is 10.2 Å². The maximum atomic E-state index is 13.2. The lowest BCUT2D eigenvalue weighted by atomic mass is 10.2. The minimum Gasteiger partial charge on any atom is -0.494 e. The molecule has 0 amide bonds. The lowest BCUT2D eigenvalue weighted by Gasteiger charge is -2.11. The van der Waals surface area contributed by atoms with Gasteiger partial charge in [-0.1, -0.05) is 0 Å². The number of thiophene rings is 1. The lowest BCUT2D eigenvalue weighted by molar-refractivity contribution is 0.413. The number of anilines is 2. The first kappa shape index (κ1) is 12.8. The van der Waals surface area contributed by atoms with E-state index in [1.165, 1.54) is 25.6 Å². The number of halogens is 1. The van der Waals surface area contributed by atoms with Gasteiger partial charge in [-0.05, 0) is 30.0 Å². The Kier molecular flexibility index (Phi) is 3.23. The van der Waals surface area contributed by atoms with Crippen LogP contribution in [0.2, 0.25) is 0 Å². The van der Waals surface area contributed by atoms with Crippen LogP contribution < -0.4 is 10.1 Å². The topological polar surface area (TPSA) is 47.0 Å². The van der Waals surface area contributed by atoms with E-state index in [4.69, 9.17) is 4.74 Å². The Balaban J connectivity index is 2.07. The Morgan fingerprint density at radius 2 is 2.15 bits per heavy atom. The molecular formula is C14H12FN3OS. The number of methoxy groups -OCH3 is 1. The highest BCUT2D eigenvalue weighted by atomic mass is 32.1. The molecule has 2 heterocycles. The third-order valence-corrected chi connectivity index (χ3v) is 3.98. The molecule has 0 radical (unpaired) electrons. The van der Waals surface area contributed by atoms with Crippen molar-refractivity contribution in [1.82, 2.24) is 9.97 Å². The Hall–Kier alpha value is -2.21. The summed E-state index contributed by atoms with van der Waals surface area (Å²) in [7, 11) is 1.51. The zero-order chi connectivity index (χ0) is 14.1. The highest BCUT2D eigenvalue weighted by Crippen LogP contribution is 2.33. The van der Waals surface area contributed by atoms with Gasteiger partial charge in [0.1, 0.15) is 28.5 Å². The standard InChI is InChI=1S/C14H12FN3OS/c1-8-6-20-14-12(8)13(16-7-17-14)18-10-4-3-9(15)5-11(10)19-2/h3-7H,1-2H3,(H,16,17,18). The second kappa shape index (κ2) is 5.05. The molecule has 2 aromatic heterocycles. The summed E-state index contributed by atoms with van der Waals surface area (Å²) in [5.41, 5.74) is 1.77. The molecule has 3 aromatic rings. The molecule has 20 heavy (non-hydrogen) atoms. The van der Waals surface area contributed by atoms with Gasteiger partial charge in [0.05, 0.1) is 18.2 Å². The predicted octanol–water partition coefficient (Wildman–Crippen LogP) is 3.89. The summed E-state index contributed by atoms with van der Waals surface area (Å²) in [6.45, 7) is 2.01. The molecule has 6 heteroatoms. The van der Waals surface area contributed by atoms with Gasteiger partial charge < -0.3 is 10.1 Å². The van der Waals surface area contributed by atoms with E-state index < -0.39 is 0 Å². The minimum absolute atomic E-state index is 0.341. The maximum absolute atomic E-state index is 13.2. The average molecular weight is 289 g/mol. The van der Waals surface area contributed by atoms with E-state index in [1.807, 2.05) is 12.3 Å². The van der Waals surface area contributed by atoms with E-state index in [2.05, 4.69) is 15.3 Å². The first-order valence-corrected chi connectivity index (χ1v) is 6.86. The zero-order valence-corrected chi connectivity index (χ0v) is 11.8. The fourth-order valence-electron chi connectivity index (χ4n) is 2.01. The number of nitrogens with zero attached hydrogens (tertiary/aromatic N) is 2. The lowest BCUT2D eigenvalue weighted by Crippen LogP contribution is -1.98. The number of benzene rings is 1. The SMILES string of the molecule is COc1cc(F)ccc1Nc1ncnc2scc(C)c12. The van der Waals surface area contributed by atoms with Crippen LogP contribution in [0, 0.1) is 12.7 Å². The largest absolute Gasteiger partial charge is 0.494 e. The summed E-state index contributed by atoms with van der Waals surface area (Å²) in [5, 5.41) is 6.19. The summed E-state index contributed by atoms with van der Waals surface area (Å²) in [6, 6.07) is 4.34. The monoisotopic (exact) mass is 289 g/mol. The van der Waals surface area contributed by atoms with Crippen molar-refractivity contribution < 1.29 is 9.13 Å². The molecule has 0 bridgehead atoms. The minimum atomic E-state index is -0.341. The summed E-state index contributed by atoms with van der Waals surface area (Å²) >= 11 is 1.57. The second-order valence-corrected chi connectivity index (χ2v) is 5.15. The van der Waals surface area contributed by atoms with Crippen molar-refractivity contribution in [3.05, 3.63) is 41.3 Å². The normalized spacial score (nSPS) is 10.8. The van der Waals surface area contributed by atoms with Crippen molar-refractivity contribution in [2.45, 2.75) is 6.92 Å². The smallest absolute Gasteiger partial charge is 0.145 e. The van der Waals surface area contributed by atoms with Crippen LogP contribution in [0.4, 0.5) is 15.9 Å². The van der Waals surface area contributed by atoms with Crippen molar-refractivity contribution in [3.63, 3.8) is 0 Å². The van der Waals surface area contributed by atoms with Gasteiger partial charge in [-0.15, -0.1) is 11.3 Å². The quantitative estimate of drug-likeness (QED) is 0.794. The van der Waals surface area contributed by atoms with Crippen LogP contribution >= 0.6 is 11.3 Å². The molecule has 0 saturated carbocycles. The van der Waals surface area contributed by atoms with Gasteiger partial charge in [-0.25, -0.2) is 14.4 Å². The molecule has 0 saturated heterocycles. The highest BCUT2D eigenvalue weighted by Gasteiger charge is 2.11. The average Bonchev–Trinajstić information content (AvgIpc) is 2.83. The summed E-state index contributed by atoms with van der Waals surface area (Å²) < 4.78 is 18.4. The number of nitrogens with one attached hydrogen (secondary N) is 1. The third-order valence-electron chi connectivity index (χ3n) is 2.97. The molecule has 0 unspecified atom stereocenters. The van der Waals surface area contributed by atoms with Crippen molar-refractivity contribution in [2.75, 3.05) is 12.4 Å². The molecule has 4 nitrogen and oxygen atoms in total. The number of hydrogen-bond donors (Lipinski definition) is 1. The number of hydrogen-bond acceptors (Lipinski definition) is 5. The number of aromatic nitrogens is 2. The van der Waals surface area contributed by atoms with E-state index in [1.54, 1.807) is 17.4 Å². The fourth-order valence-corrected chi connectivity index (χ4v) is 2.90. The first-order valence-electron chi connectivity index (χ1n) is 5.98. The van der Waals surface area contributed by atoms with Gasteiger partial charge in [-0.3, -0.25) is 0 Å². The number of ether oxygens (including phenoxy) is 1. The Bertz CT molecular complexity index is 772.